The smallest absolute Gasteiger partial charge is 0.308 e. The van der Waals surface area contributed by atoms with E-state index in [2.05, 4.69) is 5.32 Å². The van der Waals surface area contributed by atoms with Gasteiger partial charge in [-0.05, 0) is 31.6 Å². The number of amides is 1. The molecule has 1 amide bonds. The molecule has 18 heavy (non-hydrogen) atoms. The Hall–Kier alpha value is -1.06. The summed E-state index contributed by atoms with van der Waals surface area (Å²) >= 11 is 0. The number of nitrogens with one attached hydrogen (secondary N) is 1. The Kier molecular flexibility index (Phi) is 4.61. The molecule has 0 bridgehead atoms. The van der Waals surface area contributed by atoms with E-state index in [0.717, 1.165) is 38.5 Å². The van der Waals surface area contributed by atoms with Gasteiger partial charge in [-0.2, -0.15) is 0 Å². The average molecular weight is 253 g/mol. The molecule has 2 saturated carbocycles. The van der Waals surface area contributed by atoms with Gasteiger partial charge in [0.05, 0.1) is 5.92 Å². The van der Waals surface area contributed by atoms with Gasteiger partial charge >= 0.3 is 5.97 Å². The highest BCUT2D eigenvalue weighted by atomic mass is 16.4. The van der Waals surface area contributed by atoms with Crippen molar-refractivity contribution in [2.24, 2.45) is 11.8 Å². The quantitative estimate of drug-likeness (QED) is 0.756. The van der Waals surface area contributed by atoms with Crippen molar-refractivity contribution in [3.8, 4) is 0 Å². The van der Waals surface area contributed by atoms with Crippen LogP contribution in [0.25, 0.3) is 0 Å². The highest BCUT2D eigenvalue weighted by Gasteiger charge is 2.31. The van der Waals surface area contributed by atoms with Gasteiger partial charge < -0.3 is 10.4 Å². The molecule has 0 aliphatic heterocycles. The van der Waals surface area contributed by atoms with Crippen molar-refractivity contribution < 1.29 is 14.7 Å². The van der Waals surface area contributed by atoms with E-state index in [0.29, 0.717) is 18.8 Å². The lowest BCUT2D eigenvalue weighted by atomic mass is 9.82. The predicted octanol–water partition coefficient (Wildman–Crippen LogP) is 2.33. The number of rotatable bonds is 4. The van der Waals surface area contributed by atoms with Crippen LogP contribution in [0.1, 0.15) is 57.8 Å². The fraction of sp³-hybridized carbons (Fsp3) is 0.857. The predicted molar refractivity (Wildman–Crippen MR) is 68.1 cm³/mol. The van der Waals surface area contributed by atoms with Gasteiger partial charge in [-0.1, -0.05) is 25.7 Å². The summed E-state index contributed by atoms with van der Waals surface area (Å²) in [5, 5.41) is 12.2. The largest absolute Gasteiger partial charge is 0.481 e. The fourth-order valence-electron chi connectivity index (χ4n) is 3.00. The van der Waals surface area contributed by atoms with Gasteiger partial charge in [0.15, 0.2) is 0 Å². The monoisotopic (exact) mass is 253 g/mol. The molecule has 0 aromatic carbocycles. The topological polar surface area (TPSA) is 66.4 Å². The molecule has 0 radical (unpaired) electrons. The normalized spacial score (nSPS) is 29.1. The molecule has 4 nitrogen and oxygen atoms in total. The van der Waals surface area contributed by atoms with Crippen molar-refractivity contribution in [1.82, 2.24) is 5.32 Å². The van der Waals surface area contributed by atoms with Crippen LogP contribution in [0.3, 0.4) is 0 Å². The number of hydrogen-bond donors (Lipinski definition) is 2. The van der Waals surface area contributed by atoms with Crippen molar-refractivity contribution in [2.75, 3.05) is 0 Å². The van der Waals surface area contributed by atoms with Gasteiger partial charge in [0, 0.05) is 12.5 Å². The molecule has 0 aromatic heterocycles. The molecule has 2 N–H and O–H groups in total. The third-order valence-electron chi connectivity index (χ3n) is 4.38. The van der Waals surface area contributed by atoms with Crippen LogP contribution in [-0.4, -0.2) is 23.0 Å². The van der Waals surface area contributed by atoms with Crippen LogP contribution in [0.2, 0.25) is 0 Å². The van der Waals surface area contributed by atoms with Crippen LogP contribution in [-0.2, 0) is 9.59 Å². The van der Waals surface area contributed by atoms with Crippen LogP contribution in [0.4, 0.5) is 0 Å². The minimum atomic E-state index is -0.758. The van der Waals surface area contributed by atoms with E-state index >= 15 is 0 Å². The molecule has 2 fully saturated rings. The van der Waals surface area contributed by atoms with Crippen molar-refractivity contribution in [1.29, 1.82) is 0 Å². The SMILES string of the molecule is O=C(CC1CCC1)NC1CCCCCC1C(=O)O. The van der Waals surface area contributed by atoms with Gasteiger partial charge in [-0.3, -0.25) is 9.59 Å². The zero-order valence-corrected chi connectivity index (χ0v) is 10.9. The van der Waals surface area contributed by atoms with Crippen LogP contribution < -0.4 is 5.32 Å². The zero-order valence-electron chi connectivity index (χ0n) is 10.9. The number of hydrogen-bond acceptors (Lipinski definition) is 2. The second-order valence-corrected chi connectivity index (χ2v) is 5.76. The van der Waals surface area contributed by atoms with E-state index in [4.69, 9.17) is 0 Å². The lowest BCUT2D eigenvalue weighted by Crippen LogP contribution is -2.43. The lowest BCUT2D eigenvalue weighted by Gasteiger charge is -2.27. The molecule has 0 saturated heterocycles. The average Bonchev–Trinajstić information content (AvgIpc) is 2.49. The fourth-order valence-corrected chi connectivity index (χ4v) is 3.00. The van der Waals surface area contributed by atoms with Crippen molar-refractivity contribution in [2.45, 2.75) is 63.8 Å². The van der Waals surface area contributed by atoms with Crippen LogP contribution >= 0.6 is 0 Å². The number of carbonyl (C=O) groups is 2. The van der Waals surface area contributed by atoms with Crippen molar-refractivity contribution in [3.63, 3.8) is 0 Å². The molecular formula is C14H23NO3. The molecule has 0 heterocycles. The Morgan fingerprint density at radius 2 is 1.72 bits per heavy atom. The minimum absolute atomic E-state index is 0.0536. The number of carbonyl (C=O) groups excluding carboxylic acids is 1. The first-order valence-electron chi connectivity index (χ1n) is 7.19. The van der Waals surface area contributed by atoms with E-state index in [1.54, 1.807) is 0 Å². The Morgan fingerprint density at radius 3 is 2.33 bits per heavy atom. The standard InChI is InChI=1S/C14H23NO3/c16-13(9-10-5-4-6-10)15-12-8-3-1-2-7-11(12)14(17)18/h10-12H,1-9H2,(H,15,16)(H,17,18). The molecular weight excluding hydrogens is 230 g/mol. The van der Waals surface area contributed by atoms with Crippen molar-refractivity contribution >= 4 is 11.9 Å². The third kappa shape index (κ3) is 3.47. The summed E-state index contributed by atoms with van der Waals surface area (Å²) in [6, 6.07) is -0.155. The summed E-state index contributed by atoms with van der Waals surface area (Å²) in [5.74, 6) is -0.555. The third-order valence-corrected chi connectivity index (χ3v) is 4.38. The Labute approximate surface area is 108 Å². The highest BCUT2D eigenvalue weighted by molar-refractivity contribution is 5.78. The summed E-state index contributed by atoms with van der Waals surface area (Å²) in [7, 11) is 0. The first-order valence-corrected chi connectivity index (χ1v) is 7.19. The molecule has 2 unspecified atom stereocenters. The van der Waals surface area contributed by atoms with E-state index in [9.17, 15) is 14.7 Å². The number of carboxylic acids is 1. The van der Waals surface area contributed by atoms with Gasteiger partial charge in [0.25, 0.3) is 0 Å². The van der Waals surface area contributed by atoms with E-state index in [1.165, 1.54) is 6.42 Å². The maximum absolute atomic E-state index is 11.9. The first kappa shape index (κ1) is 13.4. The molecule has 102 valence electrons. The maximum atomic E-state index is 11.9. The first-order chi connectivity index (χ1) is 8.66. The van der Waals surface area contributed by atoms with Crippen LogP contribution in [0.5, 0.6) is 0 Å². The molecule has 2 atom stereocenters. The van der Waals surface area contributed by atoms with E-state index < -0.39 is 11.9 Å². The van der Waals surface area contributed by atoms with Crippen LogP contribution in [0.15, 0.2) is 0 Å². The van der Waals surface area contributed by atoms with Gasteiger partial charge in [0.2, 0.25) is 5.91 Å². The van der Waals surface area contributed by atoms with E-state index in [1.807, 2.05) is 0 Å². The van der Waals surface area contributed by atoms with Gasteiger partial charge in [-0.25, -0.2) is 0 Å². The number of aliphatic carboxylic acids is 1. The summed E-state index contributed by atoms with van der Waals surface area (Å²) in [6.07, 6.45) is 8.71. The Bertz CT molecular complexity index is 312. The molecule has 0 spiro atoms. The minimum Gasteiger partial charge on any atom is -0.481 e. The van der Waals surface area contributed by atoms with Crippen LogP contribution in [0, 0.1) is 11.8 Å². The molecule has 0 aromatic rings. The van der Waals surface area contributed by atoms with E-state index in [-0.39, 0.29) is 11.9 Å². The number of carboxylic acid groups (broad SMARTS) is 1. The summed E-state index contributed by atoms with van der Waals surface area (Å²) < 4.78 is 0. The van der Waals surface area contributed by atoms with Gasteiger partial charge in [0.1, 0.15) is 0 Å². The Morgan fingerprint density at radius 1 is 1.00 bits per heavy atom. The summed E-state index contributed by atoms with van der Waals surface area (Å²) in [4.78, 5) is 23.1. The molecule has 2 rings (SSSR count). The molecule has 4 heteroatoms. The van der Waals surface area contributed by atoms with Crippen molar-refractivity contribution in [3.05, 3.63) is 0 Å². The molecule has 2 aliphatic carbocycles. The maximum Gasteiger partial charge on any atom is 0.308 e. The lowest BCUT2D eigenvalue weighted by molar-refractivity contribution is -0.143. The Balaban J connectivity index is 1.86. The molecule has 2 aliphatic rings. The second kappa shape index (κ2) is 6.21. The second-order valence-electron chi connectivity index (χ2n) is 5.76. The summed E-state index contributed by atoms with van der Waals surface area (Å²) in [5.41, 5.74) is 0. The van der Waals surface area contributed by atoms with Gasteiger partial charge in [-0.15, -0.1) is 0 Å². The summed E-state index contributed by atoms with van der Waals surface area (Å²) in [6.45, 7) is 0. The zero-order chi connectivity index (χ0) is 13.0. The highest BCUT2D eigenvalue weighted by Crippen LogP contribution is 2.30.